The van der Waals surface area contributed by atoms with Gasteiger partial charge >= 0.3 is 0 Å². The van der Waals surface area contributed by atoms with E-state index in [1.807, 2.05) is 36.2 Å². The van der Waals surface area contributed by atoms with Gasteiger partial charge in [0, 0.05) is 23.4 Å². The van der Waals surface area contributed by atoms with Crippen molar-refractivity contribution >= 4 is 28.4 Å². The number of thioether (sulfide) groups is 1. The van der Waals surface area contributed by atoms with Gasteiger partial charge in [0.15, 0.2) is 0 Å². The Kier molecular flexibility index (Phi) is 4.31. The fourth-order valence-electron chi connectivity index (χ4n) is 1.91. The van der Waals surface area contributed by atoms with Gasteiger partial charge in [-0.2, -0.15) is 11.8 Å². The van der Waals surface area contributed by atoms with Gasteiger partial charge in [0.2, 0.25) is 0 Å². The molecule has 1 N–H and O–H groups in total. The third kappa shape index (κ3) is 2.88. The molecule has 18 heavy (non-hydrogen) atoms. The van der Waals surface area contributed by atoms with Crippen molar-refractivity contribution in [2.24, 2.45) is 0 Å². The average Bonchev–Trinajstić information content (AvgIpc) is 2.39. The Bertz CT molecular complexity index is 530. The molecule has 0 bridgehead atoms. The molecule has 2 aromatic rings. The lowest BCUT2D eigenvalue weighted by molar-refractivity contribution is 0.415. The van der Waals surface area contributed by atoms with Crippen molar-refractivity contribution in [3.05, 3.63) is 30.5 Å². The van der Waals surface area contributed by atoms with Gasteiger partial charge in [-0.05, 0) is 36.8 Å². The lowest BCUT2D eigenvalue weighted by Crippen LogP contribution is -2.18. The Balaban J connectivity index is 2.36. The van der Waals surface area contributed by atoms with E-state index in [1.54, 1.807) is 7.11 Å². The van der Waals surface area contributed by atoms with E-state index in [0.717, 1.165) is 22.7 Å². The molecule has 4 heteroatoms. The highest BCUT2D eigenvalue weighted by atomic mass is 32.2. The molecule has 0 saturated heterocycles. The van der Waals surface area contributed by atoms with Crippen LogP contribution in [0.5, 0.6) is 5.75 Å². The van der Waals surface area contributed by atoms with Gasteiger partial charge < -0.3 is 10.1 Å². The van der Waals surface area contributed by atoms with Gasteiger partial charge in [-0.1, -0.05) is 6.07 Å². The molecule has 96 valence electrons. The number of methoxy groups -OCH3 is 1. The Morgan fingerprint density at radius 1 is 1.39 bits per heavy atom. The molecular weight excluding hydrogens is 244 g/mol. The minimum Gasteiger partial charge on any atom is -0.497 e. The molecule has 0 radical (unpaired) electrons. The standard InChI is InChI=1S/C14H18N2OS/c1-10(9-18-3)16-14-13-8-12(17-2)5-4-11(13)6-7-15-14/h4-8,10H,9H2,1-3H3,(H,15,16). The number of hydrogen-bond acceptors (Lipinski definition) is 4. The van der Waals surface area contributed by atoms with Crippen molar-refractivity contribution in [2.75, 3.05) is 24.4 Å². The Hall–Kier alpha value is -1.42. The molecule has 1 aromatic heterocycles. The van der Waals surface area contributed by atoms with E-state index in [9.17, 15) is 0 Å². The van der Waals surface area contributed by atoms with Crippen LogP contribution in [0.2, 0.25) is 0 Å². The van der Waals surface area contributed by atoms with Crippen LogP contribution in [0.25, 0.3) is 10.8 Å². The highest BCUT2D eigenvalue weighted by Gasteiger charge is 2.07. The van der Waals surface area contributed by atoms with Crippen LogP contribution in [0.1, 0.15) is 6.92 Å². The minimum atomic E-state index is 0.393. The highest BCUT2D eigenvalue weighted by molar-refractivity contribution is 7.98. The van der Waals surface area contributed by atoms with Crippen LogP contribution < -0.4 is 10.1 Å². The monoisotopic (exact) mass is 262 g/mol. The van der Waals surface area contributed by atoms with Gasteiger partial charge in [0.1, 0.15) is 11.6 Å². The summed E-state index contributed by atoms with van der Waals surface area (Å²) in [5, 5.41) is 5.72. The smallest absolute Gasteiger partial charge is 0.134 e. The third-order valence-electron chi connectivity index (χ3n) is 2.77. The SMILES string of the molecule is COc1ccc2ccnc(NC(C)CSC)c2c1. The zero-order valence-corrected chi connectivity index (χ0v) is 11.8. The maximum atomic E-state index is 5.27. The number of ether oxygens (including phenoxy) is 1. The fourth-order valence-corrected chi connectivity index (χ4v) is 2.50. The number of nitrogens with zero attached hydrogens (tertiary/aromatic N) is 1. The molecule has 0 spiro atoms. The van der Waals surface area contributed by atoms with Crippen molar-refractivity contribution < 1.29 is 4.74 Å². The molecule has 0 aliphatic heterocycles. The van der Waals surface area contributed by atoms with Crippen molar-refractivity contribution in [2.45, 2.75) is 13.0 Å². The molecular formula is C14H18N2OS. The predicted molar refractivity (Wildman–Crippen MR) is 79.8 cm³/mol. The summed E-state index contributed by atoms with van der Waals surface area (Å²) >= 11 is 1.83. The van der Waals surface area contributed by atoms with E-state index in [2.05, 4.69) is 29.5 Å². The van der Waals surface area contributed by atoms with E-state index < -0.39 is 0 Å². The molecule has 3 nitrogen and oxygen atoms in total. The molecule has 2 rings (SSSR count). The molecule has 0 aliphatic rings. The average molecular weight is 262 g/mol. The van der Waals surface area contributed by atoms with E-state index in [4.69, 9.17) is 4.74 Å². The summed E-state index contributed by atoms with van der Waals surface area (Å²) < 4.78 is 5.27. The molecule has 0 amide bonds. The largest absolute Gasteiger partial charge is 0.497 e. The lowest BCUT2D eigenvalue weighted by atomic mass is 10.1. The third-order valence-corrected chi connectivity index (χ3v) is 3.61. The van der Waals surface area contributed by atoms with Gasteiger partial charge in [0.25, 0.3) is 0 Å². The van der Waals surface area contributed by atoms with Crippen LogP contribution in [0.15, 0.2) is 30.5 Å². The first-order valence-electron chi connectivity index (χ1n) is 5.93. The van der Waals surface area contributed by atoms with Crippen LogP contribution in [0, 0.1) is 0 Å². The summed E-state index contributed by atoms with van der Waals surface area (Å²) in [7, 11) is 1.68. The molecule has 1 atom stereocenters. The number of aromatic nitrogens is 1. The van der Waals surface area contributed by atoms with Crippen molar-refractivity contribution in [3.63, 3.8) is 0 Å². The molecule has 0 saturated carbocycles. The van der Waals surface area contributed by atoms with Crippen LogP contribution in [-0.2, 0) is 0 Å². The Morgan fingerprint density at radius 2 is 2.22 bits per heavy atom. The molecule has 1 aromatic carbocycles. The maximum Gasteiger partial charge on any atom is 0.134 e. The van der Waals surface area contributed by atoms with Crippen molar-refractivity contribution in [1.29, 1.82) is 0 Å². The van der Waals surface area contributed by atoms with Gasteiger partial charge in [-0.25, -0.2) is 4.98 Å². The van der Waals surface area contributed by atoms with Gasteiger partial charge in [-0.3, -0.25) is 0 Å². The van der Waals surface area contributed by atoms with Gasteiger partial charge in [-0.15, -0.1) is 0 Å². The van der Waals surface area contributed by atoms with Gasteiger partial charge in [0.05, 0.1) is 7.11 Å². The first-order chi connectivity index (χ1) is 8.74. The predicted octanol–water partition coefficient (Wildman–Crippen LogP) is 3.41. The second kappa shape index (κ2) is 5.96. The van der Waals surface area contributed by atoms with E-state index >= 15 is 0 Å². The zero-order chi connectivity index (χ0) is 13.0. The quantitative estimate of drug-likeness (QED) is 0.895. The van der Waals surface area contributed by atoms with E-state index in [-0.39, 0.29) is 0 Å². The first kappa shape index (κ1) is 13.0. The van der Waals surface area contributed by atoms with E-state index in [1.165, 1.54) is 5.39 Å². The second-order valence-electron chi connectivity index (χ2n) is 4.25. The van der Waals surface area contributed by atoms with Crippen LogP contribution >= 0.6 is 11.8 Å². The van der Waals surface area contributed by atoms with Crippen LogP contribution in [0.4, 0.5) is 5.82 Å². The second-order valence-corrected chi connectivity index (χ2v) is 5.16. The number of benzene rings is 1. The zero-order valence-electron chi connectivity index (χ0n) is 10.9. The maximum absolute atomic E-state index is 5.27. The van der Waals surface area contributed by atoms with Crippen molar-refractivity contribution in [1.82, 2.24) is 4.98 Å². The topological polar surface area (TPSA) is 34.1 Å². The molecule has 1 heterocycles. The van der Waals surface area contributed by atoms with Crippen molar-refractivity contribution in [3.8, 4) is 5.75 Å². The van der Waals surface area contributed by atoms with Crippen LogP contribution in [-0.4, -0.2) is 30.1 Å². The molecule has 0 aliphatic carbocycles. The summed E-state index contributed by atoms with van der Waals surface area (Å²) in [6, 6.07) is 8.46. The summed E-state index contributed by atoms with van der Waals surface area (Å²) in [5.41, 5.74) is 0. The van der Waals surface area contributed by atoms with Crippen LogP contribution in [0.3, 0.4) is 0 Å². The summed E-state index contributed by atoms with van der Waals surface area (Å²) in [6.07, 6.45) is 3.95. The number of anilines is 1. The fraction of sp³-hybridized carbons (Fsp3) is 0.357. The number of fused-ring (bicyclic) bond motifs is 1. The summed E-state index contributed by atoms with van der Waals surface area (Å²) in [6.45, 7) is 2.16. The first-order valence-corrected chi connectivity index (χ1v) is 7.32. The Morgan fingerprint density at radius 3 is 2.94 bits per heavy atom. The summed E-state index contributed by atoms with van der Waals surface area (Å²) in [5.74, 6) is 2.84. The number of pyridine rings is 1. The molecule has 1 unspecified atom stereocenters. The number of rotatable bonds is 5. The summed E-state index contributed by atoms with van der Waals surface area (Å²) in [4.78, 5) is 4.43. The highest BCUT2D eigenvalue weighted by Crippen LogP contribution is 2.26. The normalized spacial score (nSPS) is 12.4. The Labute approximate surface area is 112 Å². The number of nitrogens with one attached hydrogen (secondary N) is 1. The van der Waals surface area contributed by atoms with E-state index in [0.29, 0.717) is 6.04 Å². The lowest BCUT2D eigenvalue weighted by Gasteiger charge is -2.15. The molecule has 0 fully saturated rings. The number of hydrogen-bond donors (Lipinski definition) is 1. The minimum absolute atomic E-state index is 0.393.